The van der Waals surface area contributed by atoms with Gasteiger partial charge in [-0.1, -0.05) is 67.8 Å². The average molecular weight is 284 g/mol. The van der Waals surface area contributed by atoms with Crippen LogP contribution in [0.15, 0.2) is 67.8 Å². The van der Waals surface area contributed by atoms with Crippen molar-refractivity contribution in [3.63, 3.8) is 0 Å². The number of fused-ring (bicyclic) bond motifs is 3. The topological polar surface area (TPSA) is 0 Å². The van der Waals surface area contributed by atoms with Crippen LogP contribution in [0.4, 0.5) is 0 Å². The van der Waals surface area contributed by atoms with E-state index in [2.05, 4.69) is 62.5 Å². The van der Waals surface area contributed by atoms with Crippen molar-refractivity contribution >= 4 is 33.2 Å². The summed E-state index contributed by atoms with van der Waals surface area (Å²) < 4.78 is 0. The summed E-state index contributed by atoms with van der Waals surface area (Å²) in [7, 11) is 0. The first-order valence-electron chi connectivity index (χ1n) is 7.57. The molecule has 0 saturated heterocycles. The molecule has 3 aromatic rings. The van der Waals surface area contributed by atoms with E-state index in [1.165, 1.54) is 38.2 Å². The number of allylic oxidation sites excluding steroid dienone is 3. The van der Waals surface area contributed by atoms with Gasteiger partial charge in [0.1, 0.15) is 0 Å². The highest BCUT2D eigenvalue weighted by Gasteiger charge is 2.10. The van der Waals surface area contributed by atoms with Crippen molar-refractivity contribution in [3.05, 3.63) is 84.5 Å². The van der Waals surface area contributed by atoms with Gasteiger partial charge < -0.3 is 0 Å². The number of aryl methyl sites for hydroxylation is 1. The van der Waals surface area contributed by atoms with Crippen LogP contribution in [0.2, 0.25) is 0 Å². The molecule has 0 spiro atoms. The molecule has 0 aromatic heterocycles. The van der Waals surface area contributed by atoms with E-state index in [9.17, 15) is 0 Å². The zero-order valence-electron chi connectivity index (χ0n) is 13.2. The maximum Gasteiger partial charge on any atom is -0.00992 e. The molecule has 0 radical (unpaired) electrons. The van der Waals surface area contributed by atoms with Crippen molar-refractivity contribution < 1.29 is 0 Å². The van der Waals surface area contributed by atoms with Gasteiger partial charge in [-0.15, -0.1) is 0 Å². The van der Waals surface area contributed by atoms with Gasteiger partial charge in [-0.25, -0.2) is 0 Å². The van der Waals surface area contributed by atoms with Crippen molar-refractivity contribution in [2.24, 2.45) is 0 Å². The van der Waals surface area contributed by atoms with Crippen molar-refractivity contribution in [2.75, 3.05) is 0 Å². The van der Waals surface area contributed by atoms with Crippen LogP contribution in [0.1, 0.15) is 23.6 Å². The van der Waals surface area contributed by atoms with Crippen LogP contribution in [-0.2, 0) is 0 Å². The lowest BCUT2D eigenvalue weighted by Crippen LogP contribution is -1.90. The van der Waals surface area contributed by atoms with Crippen LogP contribution in [0.5, 0.6) is 0 Å². The predicted molar refractivity (Wildman–Crippen MR) is 100 cm³/mol. The van der Waals surface area contributed by atoms with Crippen LogP contribution >= 0.6 is 0 Å². The first kappa shape index (κ1) is 14.3. The van der Waals surface area contributed by atoms with Gasteiger partial charge >= 0.3 is 0 Å². The van der Waals surface area contributed by atoms with Crippen molar-refractivity contribution in [3.8, 4) is 0 Å². The molecule has 3 aromatic carbocycles. The Balaban J connectivity index is 2.42. The summed E-state index contributed by atoms with van der Waals surface area (Å²) in [5.41, 5.74) is 4.70. The second kappa shape index (κ2) is 5.65. The fraction of sp³-hybridized carbons (Fsp3) is 0.0909. The van der Waals surface area contributed by atoms with Crippen molar-refractivity contribution in [1.82, 2.24) is 0 Å². The van der Waals surface area contributed by atoms with Crippen molar-refractivity contribution in [2.45, 2.75) is 13.8 Å². The number of rotatable bonds is 3. The van der Waals surface area contributed by atoms with E-state index >= 15 is 0 Å². The summed E-state index contributed by atoms with van der Waals surface area (Å²) >= 11 is 0. The fourth-order valence-corrected chi connectivity index (χ4v) is 3.15. The quantitative estimate of drug-likeness (QED) is 0.378. The predicted octanol–water partition coefficient (Wildman–Crippen LogP) is 6.53. The molecule has 0 heterocycles. The monoisotopic (exact) mass is 284 g/mol. The van der Waals surface area contributed by atoms with Crippen LogP contribution in [-0.4, -0.2) is 0 Å². The van der Waals surface area contributed by atoms with E-state index in [1.54, 1.807) is 0 Å². The normalized spacial score (nSPS) is 11.4. The van der Waals surface area contributed by atoms with Crippen LogP contribution in [0.3, 0.4) is 0 Å². The van der Waals surface area contributed by atoms with E-state index in [0.29, 0.717) is 0 Å². The van der Waals surface area contributed by atoms with Crippen LogP contribution < -0.4 is 0 Å². The molecule has 0 aliphatic rings. The third-order valence-corrected chi connectivity index (χ3v) is 4.28. The minimum atomic E-state index is 1.04. The molecule has 3 rings (SSSR count). The highest BCUT2D eigenvalue weighted by atomic mass is 14.1. The molecule has 0 bridgehead atoms. The molecular formula is C22H20. The van der Waals surface area contributed by atoms with Crippen LogP contribution in [0.25, 0.3) is 33.2 Å². The molecule has 0 aliphatic heterocycles. The minimum absolute atomic E-state index is 1.04. The molecule has 0 nitrogen and oxygen atoms in total. The van der Waals surface area contributed by atoms with Gasteiger partial charge in [0.15, 0.2) is 0 Å². The smallest absolute Gasteiger partial charge is 0.00992 e. The maximum absolute atomic E-state index is 4.15. The lowest BCUT2D eigenvalue weighted by atomic mass is 9.90. The maximum atomic E-state index is 4.15. The summed E-state index contributed by atoms with van der Waals surface area (Å²) in [4.78, 5) is 0. The van der Waals surface area contributed by atoms with Crippen molar-refractivity contribution in [1.29, 1.82) is 0 Å². The second-order valence-corrected chi connectivity index (χ2v) is 5.57. The Labute approximate surface area is 132 Å². The van der Waals surface area contributed by atoms with Crippen LogP contribution in [0, 0.1) is 6.92 Å². The number of hydrogen-bond acceptors (Lipinski definition) is 0. The Kier molecular flexibility index (Phi) is 3.68. The minimum Gasteiger partial charge on any atom is -0.0984 e. The van der Waals surface area contributed by atoms with Gasteiger partial charge in [0, 0.05) is 0 Å². The second-order valence-electron chi connectivity index (χ2n) is 5.57. The standard InChI is InChI=1S/C22H20/c1-5-9-15(3)17-12-13-21-20-11-8-7-10-19(20)18(6-2)16(4)22(21)14-17/h5-14H,2-3H2,1,4H3. The Bertz CT molecular complexity index is 924. The SMILES string of the molecule is C=Cc1c(C)c2cc(C(=C)C=CC)ccc2c2ccccc12. The summed E-state index contributed by atoms with van der Waals surface area (Å²) in [5, 5.41) is 5.11. The molecule has 0 N–H and O–H groups in total. The Morgan fingerprint density at radius 2 is 1.64 bits per heavy atom. The average Bonchev–Trinajstić information content (AvgIpc) is 2.55. The molecule has 108 valence electrons. The first-order valence-corrected chi connectivity index (χ1v) is 7.57. The molecule has 0 heteroatoms. The Morgan fingerprint density at radius 1 is 0.955 bits per heavy atom. The molecule has 0 amide bonds. The van der Waals surface area contributed by atoms with Gasteiger partial charge in [-0.2, -0.15) is 0 Å². The highest BCUT2D eigenvalue weighted by Crippen LogP contribution is 2.34. The lowest BCUT2D eigenvalue weighted by molar-refractivity contribution is 1.52. The van der Waals surface area contributed by atoms with Gasteiger partial charge in [0.05, 0.1) is 0 Å². The van der Waals surface area contributed by atoms with Gasteiger partial charge in [0.25, 0.3) is 0 Å². The summed E-state index contributed by atoms with van der Waals surface area (Å²) in [6.45, 7) is 12.3. The van der Waals surface area contributed by atoms with E-state index in [0.717, 1.165) is 5.57 Å². The van der Waals surface area contributed by atoms with Gasteiger partial charge in [-0.3, -0.25) is 0 Å². The number of hydrogen-bond donors (Lipinski definition) is 0. The summed E-state index contributed by atoms with van der Waals surface area (Å²) in [5.74, 6) is 0. The Morgan fingerprint density at radius 3 is 2.32 bits per heavy atom. The molecule has 0 saturated carbocycles. The zero-order chi connectivity index (χ0) is 15.7. The van der Waals surface area contributed by atoms with Gasteiger partial charge in [0.2, 0.25) is 0 Å². The summed E-state index contributed by atoms with van der Waals surface area (Å²) in [6.07, 6.45) is 6.03. The Hall–Kier alpha value is -2.60. The van der Waals surface area contributed by atoms with E-state index in [-0.39, 0.29) is 0 Å². The third-order valence-electron chi connectivity index (χ3n) is 4.28. The largest absolute Gasteiger partial charge is 0.0984 e. The van der Waals surface area contributed by atoms with E-state index < -0.39 is 0 Å². The third kappa shape index (κ3) is 2.17. The molecule has 0 atom stereocenters. The molecule has 0 unspecified atom stereocenters. The summed E-state index contributed by atoms with van der Waals surface area (Å²) in [6, 6.07) is 15.1. The van der Waals surface area contributed by atoms with E-state index in [1.807, 2.05) is 25.2 Å². The molecular weight excluding hydrogens is 264 g/mol. The highest BCUT2D eigenvalue weighted by molar-refractivity contribution is 6.13. The molecule has 0 aliphatic carbocycles. The fourth-order valence-electron chi connectivity index (χ4n) is 3.15. The first-order chi connectivity index (χ1) is 10.7. The molecule has 22 heavy (non-hydrogen) atoms. The lowest BCUT2D eigenvalue weighted by Gasteiger charge is -2.14. The number of benzene rings is 3. The molecule has 0 fully saturated rings. The zero-order valence-corrected chi connectivity index (χ0v) is 13.2. The van der Waals surface area contributed by atoms with E-state index in [4.69, 9.17) is 0 Å². The van der Waals surface area contributed by atoms with Gasteiger partial charge in [-0.05, 0) is 63.7 Å².